The van der Waals surface area contributed by atoms with E-state index in [0.717, 1.165) is 16.2 Å². The molecule has 0 fully saturated rings. The van der Waals surface area contributed by atoms with E-state index in [1.807, 2.05) is 42.5 Å². The normalized spacial score (nSPS) is 11.7. The second-order valence-corrected chi connectivity index (χ2v) is 7.14. The fraction of sp³-hybridized carbons (Fsp3) is 0. The van der Waals surface area contributed by atoms with Crippen LogP contribution in [-0.4, -0.2) is 13.4 Å². The van der Waals surface area contributed by atoms with E-state index in [2.05, 4.69) is 9.71 Å². The van der Waals surface area contributed by atoms with E-state index >= 15 is 0 Å². The zero-order chi connectivity index (χ0) is 16.6. The van der Waals surface area contributed by atoms with Crippen LogP contribution in [0, 0.1) is 0 Å². The van der Waals surface area contributed by atoms with E-state index in [9.17, 15) is 8.42 Å². The van der Waals surface area contributed by atoms with Crippen LogP contribution in [0.15, 0.2) is 84.0 Å². The lowest BCUT2D eigenvalue weighted by Crippen LogP contribution is -2.13. The largest absolute Gasteiger partial charge is 0.279 e. The maximum atomic E-state index is 12.9. The molecule has 1 aromatic heterocycles. The number of sulfonamides is 1. The van der Waals surface area contributed by atoms with Crippen molar-refractivity contribution in [1.82, 2.24) is 4.98 Å². The first kappa shape index (κ1) is 14.7. The first-order valence-corrected chi connectivity index (χ1v) is 8.97. The number of hydrogen-bond acceptors (Lipinski definition) is 3. The van der Waals surface area contributed by atoms with E-state index in [-0.39, 0.29) is 4.90 Å². The summed E-state index contributed by atoms with van der Waals surface area (Å²) in [6, 6.07) is 20.0. The van der Waals surface area contributed by atoms with Crippen molar-refractivity contribution < 1.29 is 8.42 Å². The molecule has 4 nitrogen and oxygen atoms in total. The van der Waals surface area contributed by atoms with Crippen LogP contribution >= 0.6 is 0 Å². The van der Waals surface area contributed by atoms with E-state index in [1.54, 1.807) is 36.7 Å². The molecule has 118 valence electrons. The predicted octanol–water partition coefficient (Wildman–Crippen LogP) is 4.19. The van der Waals surface area contributed by atoms with Gasteiger partial charge in [-0.05, 0) is 23.6 Å². The summed E-state index contributed by atoms with van der Waals surface area (Å²) < 4.78 is 28.6. The predicted molar refractivity (Wildman–Crippen MR) is 96.5 cm³/mol. The average molecular weight is 334 g/mol. The third kappa shape index (κ3) is 2.49. The fourth-order valence-electron chi connectivity index (χ4n) is 2.84. The van der Waals surface area contributed by atoms with E-state index in [0.29, 0.717) is 11.1 Å². The molecule has 0 aliphatic carbocycles. The van der Waals surface area contributed by atoms with Gasteiger partial charge in [0.05, 0.1) is 10.6 Å². The maximum Gasteiger partial charge on any atom is 0.262 e. The second-order valence-electron chi connectivity index (χ2n) is 5.49. The van der Waals surface area contributed by atoms with Crippen LogP contribution in [0.3, 0.4) is 0 Å². The lowest BCUT2D eigenvalue weighted by molar-refractivity contribution is 0.602. The molecule has 4 aromatic rings. The van der Waals surface area contributed by atoms with Crippen molar-refractivity contribution in [2.75, 3.05) is 4.72 Å². The van der Waals surface area contributed by atoms with Gasteiger partial charge >= 0.3 is 0 Å². The van der Waals surface area contributed by atoms with Crippen LogP contribution in [0.2, 0.25) is 0 Å². The average Bonchev–Trinajstić information content (AvgIpc) is 2.61. The molecular weight excluding hydrogens is 320 g/mol. The number of rotatable bonds is 3. The molecule has 24 heavy (non-hydrogen) atoms. The van der Waals surface area contributed by atoms with Gasteiger partial charge in [-0.1, -0.05) is 48.5 Å². The minimum atomic E-state index is -3.70. The second kappa shape index (κ2) is 5.62. The van der Waals surface area contributed by atoms with Gasteiger partial charge in [0.15, 0.2) is 0 Å². The molecule has 0 saturated heterocycles. The lowest BCUT2D eigenvalue weighted by atomic mass is 10.1. The minimum Gasteiger partial charge on any atom is -0.279 e. The molecule has 0 aliphatic heterocycles. The van der Waals surface area contributed by atoms with Crippen LogP contribution < -0.4 is 4.72 Å². The molecule has 1 N–H and O–H groups in total. The Bertz CT molecular complexity index is 1140. The Morgan fingerprint density at radius 1 is 0.750 bits per heavy atom. The zero-order valence-corrected chi connectivity index (χ0v) is 13.5. The number of benzene rings is 3. The van der Waals surface area contributed by atoms with Gasteiger partial charge in [-0.15, -0.1) is 0 Å². The van der Waals surface area contributed by atoms with Crippen molar-refractivity contribution in [3.05, 3.63) is 79.1 Å². The monoisotopic (exact) mass is 334 g/mol. The fourth-order valence-corrected chi connectivity index (χ4v) is 4.15. The first-order valence-electron chi connectivity index (χ1n) is 7.48. The Labute approximate surface area is 139 Å². The van der Waals surface area contributed by atoms with Crippen LogP contribution in [0.1, 0.15) is 0 Å². The van der Waals surface area contributed by atoms with Crippen molar-refractivity contribution in [3.8, 4) is 0 Å². The number of hydrogen-bond donors (Lipinski definition) is 1. The number of aromatic nitrogens is 1. The summed E-state index contributed by atoms with van der Waals surface area (Å²) in [5.74, 6) is 0. The summed E-state index contributed by atoms with van der Waals surface area (Å²) in [6.07, 6.45) is 3.36. The molecule has 0 spiro atoms. The van der Waals surface area contributed by atoms with Crippen molar-refractivity contribution in [2.24, 2.45) is 0 Å². The summed E-state index contributed by atoms with van der Waals surface area (Å²) in [5, 5.41) is 3.30. The summed E-state index contributed by atoms with van der Waals surface area (Å²) >= 11 is 0. The number of nitrogens with one attached hydrogen (secondary N) is 1. The molecule has 0 radical (unpaired) electrons. The molecule has 1 heterocycles. The number of nitrogens with zero attached hydrogens (tertiary/aromatic N) is 1. The minimum absolute atomic E-state index is 0.270. The molecule has 3 aromatic carbocycles. The van der Waals surface area contributed by atoms with Crippen LogP contribution in [0.25, 0.3) is 21.5 Å². The molecule has 0 amide bonds. The van der Waals surface area contributed by atoms with Gasteiger partial charge in [0.2, 0.25) is 0 Å². The Kier molecular flexibility index (Phi) is 3.43. The summed E-state index contributed by atoms with van der Waals surface area (Å²) in [7, 11) is -3.70. The molecular formula is C19H14N2O2S. The molecule has 0 atom stereocenters. The summed E-state index contributed by atoms with van der Waals surface area (Å²) in [4.78, 5) is 4.34. The number of pyridine rings is 1. The van der Waals surface area contributed by atoms with Gasteiger partial charge in [-0.2, -0.15) is 0 Å². The third-order valence-electron chi connectivity index (χ3n) is 3.96. The van der Waals surface area contributed by atoms with Gasteiger partial charge in [0.1, 0.15) is 0 Å². The van der Waals surface area contributed by atoms with Gasteiger partial charge in [-0.25, -0.2) is 8.42 Å². The van der Waals surface area contributed by atoms with Crippen LogP contribution in [0.4, 0.5) is 5.69 Å². The van der Waals surface area contributed by atoms with Gasteiger partial charge in [0.25, 0.3) is 10.0 Å². The van der Waals surface area contributed by atoms with E-state index < -0.39 is 10.0 Å². The Morgan fingerprint density at radius 3 is 2.42 bits per heavy atom. The summed E-state index contributed by atoms with van der Waals surface area (Å²) in [5.41, 5.74) is 0.544. The molecule has 0 unspecified atom stereocenters. The topological polar surface area (TPSA) is 59.1 Å². The lowest BCUT2D eigenvalue weighted by Gasteiger charge is -2.12. The van der Waals surface area contributed by atoms with Crippen molar-refractivity contribution in [2.45, 2.75) is 4.90 Å². The first-order chi connectivity index (χ1) is 11.6. The zero-order valence-electron chi connectivity index (χ0n) is 12.7. The smallest absolute Gasteiger partial charge is 0.262 e. The highest BCUT2D eigenvalue weighted by Gasteiger charge is 2.18. The highest BCUT2D eigenvalue weighted by Crippen LogP contribution is 2.28. The van der Waals surface area contributed by atoms with E-state index in [4.69, 9.17) is 0 Å². The SMILES string of the molecule is O=S(=O)(Nc1cccc2cnccc12)c1cccc2ccccc12. The Balaban J connectivity index is 1.86. The highest BCUT2D eigenvalue weighted by atomic mass is 32.2. The Hall–Kier alpha value is -2.92. The molecule has 0 aliphatic rings. The van der Waals surface area contributed by atoms with Crippen LogP contribution in [0.5, 0.6) is 0 Å². The number of fused-ring (bicyclic) bond motifs is 2. The van der Waals surface area contributed by atoms with Crippen LogP contribution in [-0.2, 0) is 10.0 Å². The van der Waals surface area contributed by atoms with Gasteiger partial charge < -0.3 is 0 Å². The van der Waals surface area contributed by atoms with Crippen molar-refractivity contribution >= 4 is 37.3 Å². The summed E-state index contributed by atoms with van der Waals surface area (Å²) in [6.45, 7) is 0. The maximum absolute atomic E-state index is 12.9. The van der Waals surface area contributed by atoms with Gasteiger partial charge in [-0.3, -0.25) is 9.71 Å². The molecule has 5 heteroatoms. The Morgan fingerprint density at radius 2 is 1.50 bits per heavy atom. The molecule has 4 rings (SSSR count). The molecule has 0 bridgehead atoms. The van der Waals surface area contributed by atoms with Gasteiger partial charge in [0, 0.05) is 28.6 Å². The highest BCUT2D eigenvalue weighted by molar-refractivity contribution is 7.93. The van der Waals surface area contributed by atoms with Crippen molar-refractivity contribution in [3.63, 3.8) is 0 Å². The number of anilines is 1. The van der Waals surface area contributed by atoms with E-state index in [1.165, 1.54) is 0 Å². The molecule has 0 saturated carbocycles. The standard InChI is InChI=1S/C19H14N2O2S/c22-24(23,19-10-4-6-14-5-1-2-8-17(14)19)21-18-9-3-7-15-13-20-12-11-16(15)18/h1-13,21H. The quantitative estimate of drug-likeness (QED) is 0.611. The third-order valence-corrected chi connectivity index (χ3v) is 5.39. The van der Waals surface area contributed by atoms with Crippen molar-refractivity contribution in [1.29, 1.82) is 0 Å².